The van der Waals surface area contributed by atoms with Crippen LogP contribution in [0.25, 0.3) is 0 Å². The van der Waals surface area contributed by atoms with E-state index in [1.165, 1.54) is 0 Å². The van der Waals surface area contributed by atoms with Crippen molar-refractivity contribution in [2.45, 2.75) is 33.4 Å². The van der Waals surface area contributed by atoms with Crippen LogP contribution in [0, 0.1) is 0 Å². The van der Waals surface area contributed by atoms with Crippen LogP contribution in [0.4, 0.5) is 0 Å². The zero-order valence-electron chi connectivity index (χ0n) is 10.9. The minimum absolute atomic E-state index is 0.0654. The van der Waals surface area contributed by atoms with E-state index in [4.69, 9.17) is 0 Å². The molecule has 1 atom stereocenters. The Balaban J connectivity index is 2.37. The van der Waals surface area contributed by atoms with Crippen LogP contribution in [0.1, 0.15) is 41.7 Å². The number of nitrogens with zero attached hydrogens (tertiary/aromatic N) is 3. The molecule has 1 aromatic heterocycles. The number of rotatable bonds is 3. The zero-order chi connectivity index (χ0) is 13.3. The standard InChI is InChI=1S/C12H18N4O2/c1-4-15(5-2)12(18)9-10-11(17)14-8(3)6-16(10)7-13-9/h7-8H,4-6H2,1-3H3,(H,14,17)/t8-/m0/s1. The fourth-order valence-electron chi connectivity index (χ4n) is 2.21. The number of aromatic nitrogens is 2. The monoisotopic (exact) mass is 250 g/mol. The van der Waals surface area contributed by atoms with Crippen molar-refractivity contribution in [1.82, 2.24) is 19.8 Å². The summed E-state index contributed by atoms with van der Waals surface area (Å²) < 4.78 is 1.75. The van der Waals surface area contributed by atoms with Gasteiger partial charge in [-0.15, -0.1) is 0 Å². The van der Waals surface area contributed by atoms with Gasteiger partial charge in [-0.3, -0.25) is 9.59 Å². The minimum atomic E-state index is -0.221. The molecule has 2 amide bonds. The van der Waals surface area contributed by atoms with Crippen molar-refractivity contribution < 1.29 is 9.59 Å². The van der Waals surface area contributed by atoms with Crippen molar-refractivity contribution >= 4 is 11.8 Å². The van der Waals surface area contributed by atoms with Crippen LogP contribution < -0.4 is 5.32 Å². The van der Waals surface area contributed by atoms with Crippen molar-refractivity contribution in [2.24, 2.45) is 0 Å². The quantitative estimate of drug-likeness (QED) is 0.849. The van der Waals surface area contributed by atoms with Crippen molar-refractivity contribution in [1.29, 1.82) is 0 Å². The first kappa shape index (κ1) is 12.6. The molecular weight excluding hydrogens is 232 g/mol. The molecule has 0 aromatic carbocycles. The van der Waals surface area contributed by atoms with Crippen molar-refractivity contribution in [3.05, 3.63) is 17.7 Å². The van der Waals surface area contributed by atoms with Gasteiger partial charge in [-0.05, 0) is 20.8 Å². The maximum absolute atomic E-state index is 12.2. The second-order valence-corrected chi connectivity index (χ2v) is 4.45. The first-order valence-electron chi connectivity index (χ1n) is 6.23. The molecule has 98 valence electrons. The SMILES string of the molecule is CCN(CC)C(=O)c1ncn2c1C(=O)N[C@@H](C)C2. The van der Waals surface area contributed by atoms with E-state index in [1.807, 2.05) is 20.8 Å². The van der Waals surface area contributed by atoms with Gasteiger partial charge in [0.1, 0.15) is 5.69 Å². The summed E-state index contributed by atoms with van der Waals surface area (Å²) in [5.41, 5.74) is 0.633. The Morgan fingerprint density at radius 3 is 2.83 bits per heavy atom. The van der Waals surface area contributed by atoms with Gasteiger partial charge in [-0.1, -0.05) is 0 Å². The maximum atomic E-state index is 12.2. The highest BCUT2D eigenvalue weighted by atomic mass is 16.2. The largest absolute Gasteiger partial charge is 0.346 e. The molecule has 0 fully saturated rings. The fourth-order valence-corrected chi connectivity index (χ4v) is 2.21. The highest BCUT2D eigenvalue weighted by molar-refractivity contribution is 6.05. The Kier molecular flexibility index (Phi) is 3.36. The summed E-state index contributed by atoms with van der Waals surface area (Å²) in [4.78, 5) is 29.9. The number of carbonyl (C=O) groups is 2. The smallest absolute Gasteiger partial charge is 0.274 e. The van der Waals surface area contributed by atoms with Gasteiger partial charge in [-0.2, -0.15) is 0 Å². The van der Waals surface area contributed by atoms with E-state index in [2.05, 4.69) is 10.3 Å². The van der Waals surface area contributed by atoms with Gasteiger partial charge in [0.05, 0.1) is 6.33 Å². The molecule has 0 saturated heterocycles. The Hall–Kier alpha value is -1.85. The topological polar surface area (TPSA) is 67.2 Å². The fraction of sp³-hybridized carbons (Fsp3) is 0.583. The first-order valence-corrected chi connectivity index (χ1v) is 6.23. The number of hydrogen-bond donors (Lipinski definition) is 1. The van der Waals surface area contributed by atoms with Crippen LogP contribution in [-0.4, -0.2) is 45.4 Å². The van der Waals surface area contributed by atoms with E-state index in [9.17, 15) is 9.59 Å². The predicted octanol–water partition coefficient (Wildman–Crippen LogP) is 0.497. The molecule has 2 heterocycles. The van der Waals surface area contributed by atoms with Gasteiger partial charge in [0.15, 0.2) is 5.69 Å². The molecule has 0 spiro atoms. The third-order valence-corrected chi connectivity index (χ3v) is 3.15. The van der Waals surface area contributed by atoms with Crippen LogP contribution in [-0.2, 0) is 6.54 Å². The van der Waals surface area contributed by atoms with Crippen LogP contribution >= 0.6 is 0 Å². The summed E-state index contributed by atoms with van der Waals surface area (Å²) in [6, 6.07) is 0.0654. The molecule has 18 heavy (non-hydrogen) atoms. The number of amides is 2. The number of hydrogen-bond acceptors (Lipinski definition) is 3. The Morgan fingerprint density at radius 1 is 1.56 bits per heavy atom. The van der Waals surface area contributed by atoms with Gasteiger partial charge in [0.25, 0.3) is 11.8 Å². The lowest BCUT2D eigenvalue weighted by molar-refractivity contribution is 0.0756. The zero-order valence-corrected chi connectivity index (χ0v) is 10.9. The van der Waals surface area contributed by atoms with Gasteiger partial charge in [0.2, 0.25) is 0 Å². The second kappa shape index (κ2) is 4.80. The van der Waals surface area contributed by atoms with Crippen LogP contribution in [0.2, 0.25) is 0 Å². The summed E-state index contributed by atoms with van der Waals surface area (Å²) >= 11 is 0. The van der Waals surface area contributed by atoms with Gasteiger partial charge in [0, 0.05) is 25.7 Å². The number of carbonyl (C=O) groups excluding carboxylic acids is 2. The summed E-state index contributed by atoms with van der Waals surface area (Å²) in [7, 11) is 0. The number of imidazole rings is 1. The summed E-state index contributed by atoms with van der Waals surface area (Å²) in [5, 5.41) is 2.82. The molecule has 0 unspecified atom stereocenters. The molecule has 6 nitrogen and oxygen atoms in total. The lowest BCUT2D eigenvalue weighted by atomic mass is 10.2. The summed E-state index contributed by atoms with van der Waals surface area (Å²) in [5.74, 6) is -0.403. The molecule has 1 N–H and O–H groups in total. The molecule has 0 saturated carbocycles. The minimum Gasteiger partial charge on any atom is -0.346 e. The van der Waals surface area contributed by atoms with E-state index in [0.29, 0.717) is 25.3 Å². The Bertz CT molecular complexity index is 476. The molecule has 0 radical (unpaired) electrons. The third-order valence-electron chi connectivity index (χ3n) is 3.15. The maximum Gasteiger partial charge on any atom is 0.274 e. The Morgan fingerprint density at radius 2 is 2.22 bits per heavy atom. The van der Waals surface area contributed by atoms with Crippen molar-refractivity contribution in [2.75, 3.05) is 13.1 Å². The second-order valence-electron chi connectivity index (χ2n) is 4.45. The molecule has 0 aliphatic carbocycles. The number of nitrogens with one attached hydrogen (secondary N) is 1. The van der Waals surface area contributed by atoms with Crippen molar-refractivity contribution in [3.8, 4) is 0 Å². The molecular formula is C12H18N4O2. The van der Waals surface area contributed by atoms with E-state index >= 15 is 0 Å². The first-order chi connectivity index (χ1) is 8.58. The van der Waals surface area contributed by atoms with Crippen molar-refractivity contribution in [3.63, 3.8) is 0 Å². The van der Waals surface area contributed by atoms with E-state index < -0.39 is 0 Å². The predicted molar refractivity (Wildman–Crippen MR) is 66.4 cm³/mol. The average Bonchev–Trinajstić information content (AvgIpc) is 2.74. The number of fused-ring (bicyclic) bond motifs is 1. The molecule has 2 rings (SSSR count). The highest BCUT2D eigenvalue weighted by Crippen LogP contribution is 2.15. The third kappa shape index (κ3) is 1.98. The molecule has 1 aliphatic heterocycles. The Labute approximate surface area is 106 Å². The molecule has 0 bridgehead atoms. The molecule has 6 heteroatoms. The van der Waals surface area contributed by atoms with E-state index in [-0.39, 0.29) is 23.6 Å². The average molecular weight is 250 g/mol. The van der Waals surface area contributed by atoms with E-state index in [1.54, 1.807) is 15.8 Å². The summed E-state index contributed by atoms with van der Waals surface area (Å²) in [6.45, 7) is 7.61. The van der Waals surface area contributed by atoms with Crippen LogP contribution in [0.15, 0.2) is 6.33 Å². The van der Waals surface area contributed by atoms with Gasteiger partial charge < -0.3 is 14.8 Å². The van der Waals surface area contributed by atoms with Crippen LogP contribution in [0.5, 0.6) is 0 Å². The van der Waals surface area contributed by atoms with Crippen LogP contribution in [0.3, 0.4) is 0 Å². The van der Waals surface area contributed by atoms with E-state index in [0.717, 1.165) is 0 Å². The van der Waals surface area contributed by atoms with Gasteiger partial charge >= 0.3 is 0 Å². The lowest BCUT2D eigenvalue weighted by Gasteiger charge is -2.23. The normalized spacial score (nSPS) is 18.2. The lowest BCUT2D eigenvalue weighted by Crippen LogP contribution is -2.43. The molecule has 1 aromatic rings. The highest BCUT2D eigenvalue weighted by Gasteiger charge is 2.30. The summed E-state index contributed by atoms with van der Waals surface area (Å²) in [6.07, 6.45) is 1.57. The van der Waals surface area contributed by atoms with Gasteiger partial charge in [-0.25, -0.2) is 4.98 Å². The molecule has 1 aliphatic rings.